The van der Waals surface area contributed by atoms with E-state index in [0.29, 0.717) is 13.1 Å². The molecular formula is C10H12N4O2. The zero-order valence-electron chi connectivity index (χ0n) is 8.61. The van der Waals surface area contributed by atoms with Crippen molar-refractivity contribution in [2.75, 3.05) is 18.0 Å². The summed E-state index contributed by atoms with van der Waals surface area (Å²) < 4.78 is 0. The first kappa shape index (κ1) is 10.7. The predicted molar refractivity (Wildman–Crippen MR) is 61.0 cm³/mol. The van der Waals surface area contributed by atoms with Crippen molar-refractivity contribution in [2.24, 2.45) is 10.4 Å². The minimum atomic E-state index is -0.772. The quantitative estimate of drug-likeness (QED) is 0.779. The zero-order chi connectivity index (χ0) is 11.4. The number of para-hydroxylation sites is 1. The summed E-state index contributed by atoms with van der Waals surface area (Å²) in [6, 6.07) is 9.41. The molecule has 1 aliphatic rings. The molecular weight excluding hydrogens is 208 g/mol. The number of rotatable bonds is 3. The Kier molecular flexibility index (Phi) is 3.21. The van der Waals surface area contributed by atoms with E-state index in [1.165, 1.54) is 0 Å². The number of nitrogens with zero attached hydrogens (tertiary/aromatic N) is 3. The maximum absolute atomic E-state index is 10.8. The van der Waals surface area contributed by atoms with Gasteiger partial charge in [0.2, 0.25) is 6.17 Å². The first-order valence-electron chi connectivity index (χ1n) is 5.07. The molecule has 0 saturated carbocycles. The van der Waals surface area contributed by atoms with E-state index in [-0.39, 0.29) is 0 Å². The van der Waals surface area contributed by atoms with Gasteiger partial charge in [-0.15, -0.1) is 9.81 Å². The molecule has 6 heteroatoms. The van der Waals surface area contributed by atoms with E-state index in [1.807, 2.05) is 30.3 Å². The molecule has 1 aromatic rings. The third-order valence-corrected chi connectivity index (χ3v) is 2.62. The Labute approximate surface area is 92.6 Å². The zero-order valence-corrected chi connectivity index (χ0v) is 8.61. The van der Waals surface area contributed by atoms with E-state index < -0.39 is 12.3 Å². The fourth-order valence-electron chi connectivity index (χ4n) is 1.85. The van der Waals surface area contributed by atoms with Gasteiger partial charge in [-0.1, -0.05) is 18.2 Å². The standard InChI is InChI=1S/C10H12N4O2/c15-12-9-10(13-16)14(7-6-11-9)8-4-2-1-3-5-8/h1-5,9-11H,6-7H2. The Hall–Kier alpha value is -1.82. The monoisotopic (exact) mass is 220 g/mol. The van der Waals surface area contributed by atoms with Crippen LogP contribution in [0.15, 0.2) is 40.7 Å². The fraction of sp³-hybridized carbons (Fsp3) is 0.400. The Bertz CT molecular complexity index is 370. The van der Waals surface area contributed by atoms with Crippen LogP contribution in [0.25, 0.3) is 0 Å². The lowest BCUT2D eigenvalue weighted by Gasteiger charge is -2.35. The Morgan fingerprint density at radius 3 is 2.56 bits per heavy atom. The van der Waals surface area contributed by atoms with Crippen LogP contribution in [0.5, 0.6) is 0 Å². The van der Waals surface area contributed by atoms with Gasteiger partial charge in [0.25, 0.3) is 0 Å². The van der Waals surface area contributed by atoms with Crippen LogP contribution in [-0.4, -0.2) is 25.4 Å². The smallest absolute Gasteiger partial charge is 0.203 e. The van der Waals surface area contributed by atoms with Crippen LogP contribution < -0.4 is 10.2 Å². The number of piperazine rings is 1. The first-order valence-corrected chi connectivity index (χ1v) is 5.07. The number of nitroso groups, excluding NO2 is 2. The van der Waals surface area contributed by atoms with Crippen LogP contribution in [0.2, 0.25) is 0 Å². The normalized spacial score (nSPS) is 25.1. The van der Waals surface area contributed by atoms with E-state index in [4.69, 9.17) is 0 Å². The van der Waals surface area contributed by atoms with Crippen LogP contribution in [0.1, 0.15) is 0 Å². The molecule has 0 bridgehead atoms. The molecule has 2 rings (SSSR count). The van der Waals surface area contributed by atoms with Gasteiger partial charge in [0.1, 0.15) is 0 Å². The molecule has 2 unspecified atom stereocenters. The van der Waals surface area contributed by atoms with Crippen molar-refractivity contribution in [3.05, 3.63) is 40.1 Å². The number of hydrogen-bond donors (Lipinski definition) is 1. The second-order valence-corrected chi connectivity index (χ2v) is 3.55. The van der Waals surface area contributed by atoms with Gasteiger partial charge in [-0.05, 0) is 22.5 Å². The van der Waals surface area contributed by atoms with Crippen molar-refractivity contribution < 1.29 is 0 Å². The maximum atomic E-state index is 10.8. The second kappa shape index (κ2) is 4.80. The van der Waals surface area contributed by atoms with Gasteiger partial charge in [0.05, 0.1) is 0 Å². The minimum Gasteiger partial charge on any atom is -0.343 e. The SMILES string of the molecule is O=NC1NCCN(c2ccccc2)C1N=O. The summed E-state index contributed by atoms with van der Waals surface area (Å²) in [5.74, 6) is 0. The van der Waals surface area contributed by atoms with Gasteiger partial charge < -0.3 is 4.90 Å². The molecule has 6 nitrogen and oxygen atoms in total. The molecule has 2 atom stereocenters. The summed E-state index contributed by atoms with van der Waals surface area (Å²) in [7, 11) is 0. The lowest BCUT2D eigenvalue weighted by Crippen LogP contribution is -2.56. The fourth-order valence-corrected chi connectivity index (χ4v) is 1.85. The van der Waals surface area contributed by atoms with E-state index in [0.717, 1.165) is 5.69 Å². The number of benzene rings is 1. The summed E-state index contributed by atoms with van der Waals surface area (Å²) in [5, 5.41) is 8.71. The van der Waals surface area contributed by atoms with Gasteiger partial charge in [-0.25, -0.2) is 0 Å². The van der Waals surface area contributed by atoms with Crippen molar-refractivity contribution in [1.29, 1.82) is 0 Å². The summed E-state index contributed by atoms with van der Waals surface area (Å²) >= 11 is 0. The van der Waals surface area contributed by atoms with Gasteiger partial charge in [-0.2, -0.15) is 0 Å². The molecule has 1 N–H and O–H groups in total. The van der Waals surface area contributed by atoms with Crippen LogP contribution in [0, 0.1) is 9.81 Å². The average Bonchev–Trinajstić information content (AvgIpc) is 2.38. The van der Waals surface area contributed by atoms with E-state index in [9.17, 15) is 9.81 Å². The first-order chi connectivity index (χ1) is 7.86. The van der Waals surface area contributed by atoms with Crippen molar-refractivity contribution in [3.63, 3.8) is 0 Å². The molecule has 84 valence electrons. The van der Waals surface area contributed by atoms with Gasteiger partial charge in [0, 0.05) is 18.8 Å². The molecule has 1 fully saturated rings. The van der Waals surface area contributed by atoms with Crippen molar-refractivity contribution in [3.8, 4) is 0 Å². The molecule has 0 aromatic heterocycles. The van der Waals surface area contributed by atoms with Crippen LogP contribution in [0.3, 0.4) is 0 Å². The highest BCUT2D eigenvalue weighted by Crippen LogP contribution is 2.21. The molecule has 0 spiro atoms. The second-order valence-electron chi connectivity index (χ2n) is 3.55. The lowest BCUT2D eigenvalue weighted by atomic mass is 10.2. The van der Waals surface area contributed by atoms with Gasteiger partial charge >= 0.3 is 0 Å². The largest absolute Gasteiger partial charge is 0.343 e. The molecule has 0 aliphatic carbocycles. The Balaban J connectivity index is 2.25. The number of anilines is 1. The van der Waals surface area contributed by atoms with Gasteiger partial charge in [-0.3, -0.25) is 5.32 Å². The molecule has 1 heterocycles. The average molecular weight is 220 g/mol. The predicted octanol–water partition coefficient (Wildman–Crippen LogP) is 1.28. The summed E-state index contributed by atoms with van der Waals surface area (Å²) in [6.45, 7) is 1.24. The third kappa shape index (κ3) is 1.92. The Morgan fingerprint density at radius 2 is 1.94 bits per heavy atom. The van der Waals surface area contributed by atoms with E-state index >= 15 is 0 Å². The Morgan fingerprint density at radius 1 is 1.19 bits per heavy atom. The van der Waals surface area contributed by atoms with Gasteiger partial charge in [0.15, 0.2) is 6.17 Å². The highest BCUT2D eigenvalue weighted by Gasteiger charge is 2.33. The lowest BCUT2D eigenvalue weighted by molar-refractivity contribution is 0.378. The highest BCUT2D eigenvalue weighted by atomic mass is 16.3. The molecule has 1 aromatic carbocycles. The van der Waals surface area contributed by atoms with Crippen LogP contribution >= 0.6 is 0 Å². The summed E-state index contributed by atoms with van der Waals surface area (Å²) in [5.41, 5.74) is 0.877. The maximum Gasteiger partial charge on any atom is 0.203 e. The molecule has 1 aliphatic heterocycles. The number of nitrogens with one attached hydrogen (secondary N) is 1. The number of hydrogen-bond acceptors (Lipinski definition) is 6. The van der Waals surface area contributed by atoms with E-state index in [2.05, 4.69) is 15.7 Å². The van der Waals surface area contributed by atoms with Crippen LogP contribution in [0.4, 0.5) is 5.69 Å². The molecule has 0 amide bonds. The van der Waals surface area contributed by atoms with E-state index in [1.54, 1.807) is 4.90 Å². The minimum absolute atomic E-state index is 0.608. The third-order valence-electron chi connectivity index (χ3n) is 2.62. The molecule has 16 heavy (non-hydrogen) atoms. The van der Waals surface area contributed by atoms with Crippen molar-refractivity contribution in [1.82, 2.24) is 5.32 Å². The van der Waals surface area contributed by atoms with Crippen molar-refractivity contribution in [2.45, 2.75) is 12.3 Å². The van der Waals surface area contributed by atoms with Crippen molar-refractivity contribution >= 4 is 5.69 Å². The van der Waals surface area contributed by atoms with Crippen LogP contribution in [-0.2, 0) is 0 Å². The highest BCUT2D eigenvalue weighted by molar-refractivity contribution is 5.47. The summed E-state index contributed by atoms with van der Waals surface area (Å²) in [6.07, 6.45) is -1.54. The molecule has 0 radical (unpaired) electrons. The summed E-state index contributed by atoms with van der Waals surface area (Å²) in [4.78, 5) is 23.1. The molecule has 1 saturated heterocycles. The topological polar surface area (TPSA) is 74.1 Å².